The molecule has 1 saturated heterocycles. The van der Waals surface area contributed by atoms with Gasteiger partial charge in [0.1, 0.15) is 5.82 Å². The molecule has 0 spiro atoms. The quantitative estimate of drug-likeness (QED) is 0.765. The van der Waals surface area contributed by atoms with Gasteiger partial charge >= 0.3 is 0 Å². The van der Waals surface area contributed by atoms with Crippen molar-refractivity contribution in [3.63, 3.8) is 0 Å². The maximum atomic E-state index is 4.77. The number of piperazine rings is 1. The lowest BCUT2D eigenvalue weighted by molar-refractivity contribution is 0.584. The van der Waals surface area contributed by atoms with Gasteiger partial charge in [-0.1, -0.05) is 6.07 Å². The molecule has 21 heavy (non-hydrogen) atoms. The molecule has 1 fully saturated rings. The Hall–Kier alpha value is -2.47. The van der Waals surface area contributed by atoms with Gasteiger partial charge in [0.2, 0.25) is 0 Å². The highest BCUT2D eigenvalue weighted by molar-refractivity contribution is 5.78. The largest absolute Gasteiger partial charge is 0.354 e. The van der Waals surface area contributed by atoms with Gasteiger partial charge in [-0.3, -0.25) is 4.98 Å². The molecule has 0 radical (unpaired) electrons. The van der Waals surface area contributed by atoms with Gasteiger partial charge in [-0.05, 0) is 18.2 Å². The van der Waals surface area contributed by atoms with Crippen LogP contribution >= 0.6 is 0 Å². The van der Waals surface area contributed by atoms with E-state index in [0.717, 1.165) is 48.7 Å². The average Bonchev–Trinajstić information content (AvgIpc) is 3.00. The summed E-state index contributed by atoms with van der Waals surface area (Å²) in [4.78, 5) is 11.2. The van der Waals surface area contributed by atoms with Gasteiger partial charge in [0, 0.05) is 44.0 Å². The van der Waals surface area contributed by atoms with Gasteiger partial charge in [-0.2, -0.15) is 5.10 Å². The lowest BCUT2D eigenvalue weighted by Crippen LogP contribution is -2.43. The molecule has 0 saturated carbocycles. The van der Waals surface area contributed by atoms with Crippen LogP contribution in [0.5, 0.6) is 0 Å². The normalized spacial score (nSPS) is 15.5. The Morgan fingerprint density at radius 2 is 1.86 bits per heavy atom. The molecule has 0 atom stereocenters. The van der Waals surface area contributed by atoms with E-state index < -0.39 is 0 Å². The minimum Gasteiger partial charge on any atom is -0.354 e. The second kappa shape index (κ2) is 5.14. The van der Waals surface area contributed by atoms with Crippen molar-refractivity contribution >= 4 is 16.7 Å². The predicted molar refractivity (Wildman–Crippen MR) is 81.7 cm³/mol. The highest BCUT2D eigenvalue weighted by Gasteiger charge is 2.13. The number of nitrogens with zero attached hydrogens (tertiary/aromatic N) is 5. The molecular weight excluding hydrogens is 264 g/mol. The first-order valence-electron chi connectivity index (χ1n) is 7.13. The van der Waals surface area contributed by atoms with E-state index >= 15 is 0 Å². The molecule has 4 rings (SSSR count). The summed E-state index contributed by atoms with van der Waals surface area (Å²) in [6.07, 6.45) is 5.42. The summed E-state index contributed by atoms with van der Waals surface area (Å²) >= 11 is 0. The monoisotopic (exact) mass is 280 g/mol. The van der Waals surface area contributed by atoms with Crippen molar-refractivity contribution in [3.8, 4) is 5.82 Å². The predicted octanol–water partition coefficient (Wildman–Crippen LogP) is 1.23. The van der Waals surface area contributed by atoms with Crippen molar-refractivity contribution in [1.29, 1.82) is 0 Å². The topological polar surface area (TPSA) is 58.9 Å². The number of hydrogen-bond acceptors (Lipinski definition) is 5. The zero-order valence-corrected chi connectivity index (χ0v) is 11.6. The van der Waals surface area contributed by atoms with Gasteiger partial charge in [0.25, 0.3) is 0 Å². The number of fused-ring (bicyclic) bond motifs is 1. The Balaban J connectivity index is 1.75. The van der Waals surface area contributed by atoms with E-state index in [-0.39, 0.29) is 0 Å². The summed E-state index contributed by atoms with van der Waals surface area (Å²) in [5.41, 5.74) is 1.02. The molecule has 1 N–H and O–H groups in total. The molecule has 106 valence electrons. The SMILES string of the molecule is c1cc(N2CCNCC2)nc(-n2ncc3cnccc32)c1. The summed E-state index contributed by atoms with van der Waals surface area (Å²) < 4.78 is 1.86. The molecule has 4 heterocycles. The summed E-state index contributed by atoms with van der Waals surface area (Å²) in [6.45, 7) is 3.98. The Bertz CT molecular complexity index is 759. The molecule has 3 aromatic heterocycles. The van der Waals surface area contributed by atoms with Crippen LogP contribution in [0.3, 0.4) is 0 Å². The Morgan fingerprint density at radius 3 is 2.76 bits per heavy atom. The van der Waals surface area contributed by atoms with Crippen LogP contribution in [0, 0.1) is 0 Å². The van der Waals surface area contributed by atoms with Crippen molar-refractivity contribution in [2.75, 3.05) is 31.1 Å². The smallest absolute Gasteiger partial charge is 0.156 e. The highest BCUT2D eigenvalue weighted by Crippen LogP contribution is 2.18. The van der Waals surface area contributed by atoms with Gasteiger partial charge in [0.15, 0.2) is 5.82 Å². The first kappa shape index (κ1) is 12.3. The molecule has 0 amide bonds. The van der Waals surface area contributed by atoms with Crippen LogP contribution in [0.15, 0.2) is 42.9 Å². The fourth-order valence-corrected chi connectivity index (χ4v) is 2.66. The fourth-order valence-electron chi connectivity index (χ4n) is 2.66. The first-order valence-corrected chi connectivity index (χ1v) is 7.13. The third kappa shape index (κ3) is 2.23. The molecular formula is C15H16N6. The molecule has 1 aliphatic heterocycles. The van der Waals surface area contributed by atoms with Crippen LogP contribution in [-0.4, -0.2) is 45.9 Å². The van der Waals surface area contributed by atoms with E-state index in [2.05, 4.69) is 26.4 Å². The van der Waals surface area contributed by atoms with Crippen LogP contribution in [0.2, 0.25) is 0 Å². The standard InChI is InChI=1S/C15H16N6/c1-2-14(20-8-6-16-7-9-20)19-15(3-1)21-13-4-5-17-10-12(13)11-18-21/h1-5,10-11,16H,6-9H2. The maximum Gasteiger partial charge on any atom is 0.156 e. The summed E-state index contributed by atoms with van der Waals surface area (Å²) in [5.74, 6) is 1.85. The van der Waals surface area contributed by atoms with Crippen molar-refractivity contribution in [2.45, 2.75) is 0 Å². The van der Waals surface area contributed by atoms with E-state index in [1.54, 1.807) is 6.20 Å². The van der Waals surface area contributed by atoms with E-state index in [1.807, 2.05) is 35.3 Å². The zero-order valence-electron chi connectivity index (χ0n) is 11.6. The van der Waals surface area contributed by atoms with Crippen molar-refractivity contribution < 1.29 is 0 Å². The first-order chi connectivity index (χ1) is 10.4. The van der Waals surface area contributed by atoms with E-state index in [4.69, 9.17) is 4.98 Å². The van der Waals surface area contributed by atoms with Crippen LogP contribution in [0.25, 0.3) is 16.7 Å². The Morgan fingerprint density at radius 1 is 1.00 bits per heavy atom. The number of nitrogens with one attached hydrogen (secondary N) is 1. The molecule has 6 heteroatoms. The highest BCUT2D eigenvalue weighted by atomic mass is 15.3. The molecule has 0 bridgehead atoms. The molecule has 0 aliphatic carbocycles. The Labute approximate surface area is 122 Å². The average molecular weight is 280 g/mol. The van der Waals surface area contributed by atoms with Crippen LogP contribution in [0.1, 0.15) is 0 Å². The second-order valence-corrected chi connectivity index (χ2v) is 5.08. The number of hydrogen-bond donors (Lipinski definition) is 1. The zero-order chi connectivity index (χ0) is 14.1. The van der Waals surface area contributed by atoms with Gasteiger partial charge < -0.3 is 10.2 Å². The lowest BCUT2D eigenvalue weighted by atomic mass is 10.3. The van der Waals surface area contributed by atoms with Crippen LogP contribution < -0.4 is 10.2 Å². The van der Waals surface area contributed by atoms with Crippen LogP contribution in [-0.2, 0) is 0 Å². The summed E-state index contributed by atoms with van der Waals surface area (Å²) in [6, 6.07) is 8.04. The van der Waals surface area contributed by atoms with E-state index in [0.29, 0.717) is 0 Å². The molecule has 1 aliphatic rings. The maximum absolute atomic E-state index is 4.77. The molecule has 3 aromatic rings. The summed E-state index contributed by atoms with van der Waals surface area (Å²) in [7, 11) is 0. The second-order valence-electron chi connectivity index (χ2n) is 5.08. The van der Waals surface area contributed by atoms with E-state index in [1.165, 1.54) is 0 Å². The Kier molecular flexibility index (Phi) is 3.01. The third-order valence-electron chi connectivity index (χ3n) is 3.75. The number of rotatable bonds is 2. The van der Waals surface area contributed by atoms with Crippen molar-refractivity contribution in [3.05, 3.63) is 42.9 Å². The lowest BCUT2D eigenvalue weighted by Gasteiger charge is -2.28. The number of aromatic nitrogens is 4. The minimum absolute atomic E-state index is 0.840. The minimum atomic E-state index is 0.840. The molecule has 0 unspecified atom stereocenters. The third-order valence-corrected chi connectivity index (χ3v) is 3.75. The molecule has 0 aromatic carbocycles. The van der Waals surface area contributed by atoms with Gasteiger partial charge in [-0.25, -0.2) is 9.67 Å². The van der Waals surface area contributed by atoms with Crippen LogP contribution in [0.4, 0.5) is 5.82 Å². The fraction of sp³-hybridized carbons (Fsp3) is 0.267. The van der Waals surface area contributed by atoms with Crippen molar-refractivity contribution in [1.82, 2.24) is 25.1 Å². The van der Waals surface area contributed by atoms with Crippen molar-refractivity contribution in [2.24, 2.45) is 0 Å². The summed E-state index contributed by atoms with van der Waals surface area (Å²) in [5, 5.41) is 8.81. The van der Waals surface area contributed by atoms with E-state index in [9.17, 15) is 0 Å². The number of pyridine rings is 2. The molecule has 6 nitrogen and oxygen atoms in total. The van der Waals surface area contributed by atoms with Gasteiger partial charge in [0.05, 0.1) is 11.7 Å². The van der Waals surface area contributed by atoms with Gasteiger partial charge in [-0.15, -0.1) is 0 Å². The number of anilines is 1.